The maximum Gasteiger partial charge on any atom is 0.412 e. The normalized spacial score (nSPS) is 14.8. The fourth-order valence-corrected chi connectivity index (χ4v) is 4.73. The van der Waals surface area contributed by atoms with Crippen LogP contribution >= 0.6 is 0 Å². The number of hydrogen-bond acceptors (Lipinski definition) is 4. The van der Waals surface area contributed by atoms with Gasteiger partial charge in [0.2, 0.25) is 0 Å². The number of carbonyl (C=O) groups is 1. The molecule has 1 saturated carbocycles. The van der Waals surface area contributed by atoms with E-state index in [1.807, 2.05) is 51.1 Å². The van der Waals surface area contributed by atoms with Crippen LogP contribution in [-0.2, 0) is 11.2 Å². The average molecular weight is 488 g/mol. The second-order valence-electron chi connectivity index (χ2n) is 10.4. The quantitative estimate of drug-likeness (QED) is 0.353. The molecule has 5 nitrogen and oxygen atoms in total. The van der Waals surface area contributed by atoms with Crippen LogP contribution < -0.4 is 14.8 Å². The van der Waals surface area contributed by atoms with E-state index < -0.39 is 11.7 Å². The number of carbonyl (C=O) groups excluding carboxylic acids is 1. The molecule has 0 heterocycles. The summed E-state index contributed by atoms with van der Waals surface area (Å²) in [7, 11) is 1.69. The molecule has 0 bridgehead atoms. The number of anilines is 1. The number of methoxy groups -OCH3 is 1. The van der Waals surface area contributed by atoms with Crippen molar-refractivity contribution < 1.29 is 19.0 Å². The zero-order chi connectivity index (χ0) is 25.5. The Labute approximate surface area is 214 Å². The van der Waals surface area contributed by atoms with Gasteiger partial charge in [-0.05, 0) is 93.8 Å². The largest absolute Gasteiger partial charge is 0.493 e. The van der Waals surface area contributed by atoms with Crippen LogP contribution in [0.2, 0.25) is 0 Å². The Kier molecular flexibility index (Phi) is 8.19. The van der Waals surface area contributed by atoms with Gasteiger partial charge >= 0.3 is 6.09 Å². The van der Waals surface area contributed by atoms with Crippen LogP contribution in [0.1, 0.15) is 69.1 Å². The molecule has 36 heavy (non-hydrogen) atoms. The first kappa shape index (κ1) is 25.6. The summed E-state index contributed by atoms with van der Waals surface area (Å²) in [6, 6.07) is 24.7. The molecule has 1 aliphatic carbocycles. The summed E-state index contributed by atoms with van der Waals surface area (Å²) >= 11 is 0. The van der Waals surface area contributed by atoms with E-state index in [9.17, 15) is 4.79 Å². The highest BCUT2D eigenvalue weighted by molar-refractivity contribution is 5.84. The molecule has 0 saturated heterocycles. The summed E-state index contributed by atoms with van der Waals surface area (Å²) in [5, 5.41) is 2.86. The molecule has 5 heteroatoms. The van der Waals surface area contributed by atoms with E-state index in [0.717, 1.165) is 36.3 Å². The predicted octanol–water partition coefficient (Wildman–Crippen LogP) is 7.74. The lowest BCUT2D eigenvalue weighted by Crippen LogP contribution is -2.27. The van der Waals surface area contributed by atoms with Crippen molar-refractivity contribution in [1.29, 1.82) is 0 Å². The summed E-state index contributed by atoms with van der Waals surface area (Å²) in [5.41, 5.74) is 3.67. The molecule has 4 rings (SSSR count). The van der Waals surface area contributed by atoms with Gasteiger partial charge in [0.25, 0.3) is 0 Å². The second-order valence-corrected chi connectivity index (χ2v) is 10.4. The number of rotatable bonds is 8. The Bertz CT molecular complexity index is 1150. The Morgan fingerprint density at radius 2 is 1.67 bits per heavy atom. The lowest BCUT2D eigenvalue weighted by Gasteiger charge is -2.22. The number of ether oxygens (including phenoxy) is 3. The van der Waals surface area contributed by atoms with E-state index in [-0.39, 0.29) is 12.0 Å². The first-order valence-electron chi connectivity index (χ1n) is 12.8. The molecule has 0 aromatic heterocycles. The van der Waals surface area contributed by atoms with Gasteiger partial charge in [-0.2, -0.15) is 0 Å². The first-order chi connectivity index (χ1) is 17.3. The highest BCUT2D eigenvalue weighted by Crippen LogP contribution is 2.37. The van der Waals surface area contributed by atoms with Gasteiger partial charge < -0.3 is 14.2 Å². The highest BCUT2D eigenvalue weighted by atomic mass is 16.6. The van der Waals surface area contributed by atoms with E-state index in [2.05, 4.69) is 47.8 Å². The number of hydrogen-bond donors (Lipinski definition) is 1. The Balaban J connectivity index is 1.61. The summed E-state index contributed by atoms with van der Waals surface area (Å²) in [6.45, 7) is 5.56. The van der Waals surface area contributed by atoms with Crippen molar-refractivity contribution >= 4 is 11.8 Å². The molecule has 3 aromatic rings. The van der Waals surface area contributed by atoms with Crippen LogP contribution in [0.25, 0.3) is 0 Å². The molecule has 3 aromatic carbocycles. The maximum absolute atomic E-state index is 12.3. The topological polar surface area (TPSA) is 56.8 Å². The van der Waals surface area contributed by atoms with E-state index in [1.165, 1.54) is 24.0 Å². The minimum atomic E-state index is -0.549. The average Bonchev–Trinajstić information content (AvgIpc) is 3.35. The van der Waals surface area contributed by atoms with E-state index in [4.69, 9.17) is 14.2 Å². The second kappa shape index (κ2) is 11.5. The minimum Gasteiger partial charge on any atom is -0.493 e. The van der Waals surface area contributed by atoms with Crippen LogP contribution in [0.15, 0.2) is 72.8 Å². The van der Waals surface area contributed by atoms with Gasteiger partial charge in [0.1, 0.15) is 5.60 Å². The Hall–Kier alpha value is -3.47. The molecule has 0 aliphatic heterocycles. The molecular formula is C31H37NO4. The molecule has 0 radical (unpaired) electrons. The van der Waals surface area contributed by atoms with Gasteiger partial charge in [-0.15, -0.1) is 0 Å². The van der Waals surface area contributed by atoms with Crippen molar-refractivity contribution in [1.82, 2.24) is 0 Å². The van der Waals surface area contributed by atoms with Crippen molar-refractivity contribution in [3.8, 4) is 11.5 Å². The lowest BCUT2D eigenvalue weighted by atomic mass is 9.85. The van der Waals surface area contributed by atoms with Crippen LogP contribution in [0.3, 0.4) is 0 Å². The van der Waals surface area contributed by atoms with Gasteiger partial charge in [-0.25, -0.2) is 4.79 Å². The molecule has 1 amide bonds. The van der Waals surface area contributed by atoms with Crippen molar-refractivity contribution in [3.63, 3.8) is 0 Å². The Morgan fingerprint density at radius 1 is 0.917 bits per heavy atom. The van der Waals surface area contributed by atoms with E-state index in [0.29, 0.717) is 5.69 Å². The number of benzene rings is 3. The van der Waals surface area contributed by atoms with Crippen LogP contribution in [-0.4, -0.2) is 24.9 Å². The third-order valence-corrected chi connectivity index (χ3v) is 6.40. The van der Waals surface area contributed by atoms with Crippen molar-refractivity contribution in [2.45, 2.75) is 70.5 Å². The Morgan fingerprint density at radius 3 is 2.36 bits per heavy atom. The van der Waals surface area contributed by atoms with Crippen LogP contribution in [0, 0.1) is 0 Å². The van der Waals surface area contributed by atoms with Crippen LogP contribution in [0.4, 0.5) is 10.5 Å². The summed E-state index contributed by atoms with van der Waals surface area (Å²) in [6.07, 6.45) is 5.17. The number of nitrogens with one attached hydrogen (secondary N) is 1. The van der Waals surface area contributed by atoms with Crippen LogP contribution in [0.5, 0.6) is 11.5 Å². The zero-order valence-electron chi connectivity index (χ0n) is 21.8. The first-order valence-corrected chi connectivity index (χ1v) is 12.8. The fourth-order valence-electron chi connectivity index (χ4n) is 4.73. The van der Waals surface area contributed by atoms with Gasteiger partial charge in [-0.1, -0.05) is 48.5 Å². The molecule has 190 valence electrons. The summed E-state index contributed by atoms with van der Waals surface area (Å²) in [5.74, 6) is 1.68. The monoisotopic (exact) mass is 487 g/mol. The standard InChI is InChI=1S/C31H37NO4/c1-31(2,3)36-30(33)32-25-14-10-11-22(19-25)20-27(23-12-6-5-7-13-23)24-17-18-28(34-4)29(21-24)35-26-15-8-9-16-26/h5-7,10-14,17-19,21,26-27H,8-9,15-16,20H2,1-4H3,(H,32,33). The molecule has 1 aliphatic rings. The van der Waals surface area contributed by atoms with Gasteiger partial charge in [0.05, 0.1) is 13.2 Å². The lowest BCUT2D eigenvalue weighted by molar-refractivity contribution is 0.0636. The summed E-state index contributed by atoms with van der Waals surface area (Å²) < 4.78 is 17.4. The number of amides is 1. The van der Waals surface area contributed by atoms with E-state index >= 15 is 0 Å². The smallest absolute Gasteiger partial charge is 0.412 e. The predicted molar refractivity (Wildman–Crippen MR) is 144 cm³/mol. The van der Waals surface area contributed by atoms with Gasteiger partial charge in [0, 0.05) is 11.6 Å². The highest BCUT2D eigenvalue weighted by Gasteiger charge is 2.22. The fraction of sp³-hybridized carbons (Fsp3) is 0.387. The van der Waals surface area contributed by atoms with Crippen molar-refractivity contribution in [2.75, 3.05) is 12.4 Å². The molecule has 1 unspecified atom stereocenters. The van der Waals surface area contributed by atoms with Crippen molar-refractivity contribution in [3.05, 3.63) is 89.5 Å². The summed E-state index contributed by atoms with van der Waals surface area (Å²) in [4.78, 5) is 12.3. The van der Waals surface area contributed by atoms with Gasteiger partial charge in [0.15, 0.2) is 11.5 Å². The molecule has 1 fully saturated rings. The third kappa shape index (κ3) is 7.03. The SMILES string of the molecule is COc1ccc(C(Cc2cccc(NC(=O)OC(C)(C)C)c2)c2ccccc2)cc1OC1CCCC1. The zero-order valence-corrected chi connectivity index (χ0v) is 21.8. The molecule has 0 spiro atoms. The molecular weight excluding hydrogens is 450 g/mol. The minimum absolute atomic E-state index is 0.111. The van der Waals surface area contributed by atoms with Gasteiger partial charge in [-0.3, -0.25) is 5.32 Å². The maximum atomic E-state index is 12.3. The van der Waals surface area contributed by atoms with E-state index in [1.54, 1.807) is 7.11 Å². The molecule has 1 atom stereocenters. The van der Waals surface area contributed by atoms with Crippen molar-refractivity contribution in [2.24, 2.45) is 0 Å². The third-order valence-electron chi connectivity index (χ3n) is 6.40. The molecule has 1 N–H and O–H groups in total.